The first kappa shape index (κ1) is 13.9. The maximum atomic E-state index is 12.4. The third-order valence-corrected chi connectivity index (χ3v) is 3.62. The molecule has 1 N–H and O–H groups in total. The highest BCUT2D eigenvalue weighted by Gasteiger charge is 2.26. The van der Waals surface area contributed by atoms with Gasteiger partial charge in [0.05, 0.1) is 13.5 Å². The molecule has 0 aromatic heterocycles. The van der Waals surface area contributed by atoms with Crippen LogP contribution in [0.15, 0.2) is 24.3 Å². The highest BCUT2D eigenvalue weighted by molar-refractivity contribution is 5.80. The van der Waals surface area contributed by atoms with Gasteiger partial charge in [-0.25, -0.2) is 0 Å². The summed E-state index contributed by atoms with van der Waals surface area (Å²) in [5.74, 6) is 0.956. The monoisotopic (exact) mass is 262 g/mol. The molecule has 0 saturated carbocycles. The first-order valence-electron chi connectivity index (χ1n) is 6.76. The quantitative estimate of drug-likeness (QED) is 0.896. The summed E-state index contributed by atoms with van der Waals surface area (Å²) < 4.78 is 5.30. The molecule has 104 valence electrons. The van der Waals surface area contributed by atoms with Crippen molar-refractivity contribution in [2.45, 2.75) is 32.4 Å². The van der Waals surface area contributed by atoms with Crippen molar-refractivity contribution in [1.29, 1.82) is 0 Å². The van der Waals surface area contributed by atoms with E-state index >= 15 is 0 Å². The summed E-state index contributed by atoms with van der Waals surface area (Å²) >= 11 is 0. The van der Waals surface area contributed by atoms with Crippen molar-refractivity contribution in [3.63, 3.8) is 0 Å². The van der Waals surface area contributed by atoms with Crippen LogP contribution < -0.4 is 10.1 Å². The fourth-order valence-corrected chi connectivity index (χ4v) is 2.48. The minimum Gasteiger partial charge on any atom is -0.496 e. The highest BCUT2D eigenvalue weighted by atomic mass is 16.5. The third-order valence-electron chi connectivity index (χ3n) is 3.62. The summed E-state index contributed by atoms with van der Waals surface area (Å²) in [5.41, 5.74) is 0.952. The zero-order chi connectivity index (χ0) is 13.8. The largest absolute Gasteiger partial charge is 0.496 e. The lowest BCUT2D eigenvalue weighted by molar-refractivity contribution is -0.133. The summed E-state index contributed by atoms with van der Waals surface area (Å²) in [6, 6.07) is 8.31. The number of hydrogen-bond donors (Lipinski definition) is 1. The lowest BCUT2D eigenvalue weighted by Gasteiger charge is -2.37. The summed E-state index contributed by atoms with van der Waals surface area (Å²) in [7, 11) is 1.64. The van der Waals surface area contributed by atoms with Crippen molar-refractivity contribution in [2.75, 3.05) is 20.2 Å². The van der Waals surface area contributed by atoms with E-state index in [-0.39, 0.29) is 11.9 Å². The molecule has 1 aromatic rings. The second-order valence-electron chi connectivity index (χ2n) is 5.19. The molecule has 2 atom stereocenters. The maximum absolute atomic E-state index is 12.4. The first-order chi connectivity index (χ1) is 9.11. The Morgan fingerprint density at radius 2 is 2.16 bits per heavy atom. The number of nitrogens with zero attached hydrogens (tertiary/aromatic N) is 1. The lowest BCUT2D eigenvalue weighted by atomic mass is 10.1. The molecule has 1 heterocycles. The van der Waals surface area contributed by atoms with E-state index in [9.17, 15) is 4.79 Å². The van der Waals surface area contributed by atoms with Crippen LogP contribution in [0.4, 0.5) is 0 Å². The minimum absolute atomic E-state index is 0.172. The molecular weight excluding hydrogens is 240 g/mol. The Hall–Kier alpha value is -1.55. The maximum Gasteiger partial charge on any atom is 0.227 e. The molecule has 4 nitrogen and oxygen atoms in total. The molecule has 1 amide bonds. The topological polar surface area (TPSA) is 41.6 Å². The molecule has 1 aliphatic heterocycles. The zero-order valence-electron chi connectivity index (χ0n) is 11.8. The van der Waals surface area contributed by atoms with Crippen molar-refractivity contribution in [3.05, 3.63) is 29.8 Å². The molecular formula is C15H22N2O2. The van der Waals surface area contributed by atoms with Gasteiger partial charge in [0.2, 0.25) is 5.91 Å². The summed E-state index contributed by atoms with van der Waals surface area (Å²) in [6.45, 7) is 5.82. The van der Waals surface area contributed by atoms with Gasteiger partial charge in [0.25, 0.3) is 0 Å². The van der Waals surface area contributed by atoms with Crippen LogP contribution in [0, 0.1) is 0 Å². The van der Waals surface area contributed by atoms with Crippen LogP contribution in [0.3, 0.4) is 0 Å². The van der Waals surface area contributed by atoms with E-state index in [1.54, 1.807) is 7.11 Å². The van der Waals surface area contributed by atoms with E-state index in [1.807, 2.05) is 29.2 Å². The van der Waals surface area contributed by atoms with Gasteiger partial charge in [0.15, 0.2) is 0 Å². The average molecular weight is 262 g/mol. The summed E-state index contributed by atoms with van der Waals surface area (Å²) in [6.07, 6.45) is 0.404. The van der Waals surface area contributed by atoms with Gasteiger partial charge >= 0.3 is 0 Å². The molecule has 1 aromatic carbocycles. The predicted octanol–water partition coefficient (Wildman–Crippen LogP) is 1.45. The van der Waals surface area contributed by atoms with Crippen molar-refractivity contribution >= 4 is 5.91 Å². The van der Waals surface area contributed by atoms with E-state index in [1.165, 1.54) is 0 Å². The first-order valence-corrected chi connectivity index (χ1v) is 6.76. The van der Waals surface area contributed by atoms with Gasteiger partial charge in [-0.2, -0.15) is 0 Å². The number of rotatable bonds is 3. The molecule has 1 saturated heterocycles. The average Bonchev–Trinajstić information content (AvgIpc) is 2.42. The second-order valence-corrected chi connectivity index (χ2v) is 5.19. The number of methoxy groups -OCH3 is 1. The Bertz CT molecular complexity index is 448. The van der Waals surface area contributed by atoms with Gasteiger partial charge in [-0.3, -0.25) is 4.79 Å². The van der Waals surface area contributed by atoms with Crippen molar-refractivity contribution in [1.82, 2.24) is 10.2 Å². The van der Waals surface area contributed by atoms with Crippen molar-refractivity contribution < 1.29 is 9.53 Å². The number of amides is 1. The van der Waals surface area contributed by atoms with E-state index < -0.39 is 0 Å². The Kier molecular flexibility index (Phi) is 4.43. The molecule has 0 bridgehead atoms. The SMILES string of the molecule is COc1ccccc1CC(=O)N1CC(C)NCC1C. The van der Waals surface area contributed by atoms with E-state index in [0.717, 1.165) is 24.4 Å². The van der Waals surface area contributed by atoms with Crippen LogP contribution in [-0.4, -0.2) is 43.1 Å². The highest BCUT2D eigenvalue weighted by Crippen LogP contribution is 2.19. The molecule has 0 radical (unpaired) electrons. The molecule has 1 fully saturated rings. The Morgan fingerprint density at radius 3 is 2.89 bits per heavy atom. The van der Waals surface area contributed by atoms with Gasteiger partial charge < -0.3 is 15.0 Å². The van der Waals surface area contributed by atoms with Gasteiger partial charge in [0, 0.05) is 30.7 Å². The van der Waals surface area contributed by atoms with E-state index in [2.05, 4.69) is 19.2 Å². The summed E-state index contributed by atoms with van der Waals surface area (Å²) in [5, 5.41) is 3.38. The normalized spacial score (nSPS) is 23.2. The number of hydrogen-bond acceptors (Lipinski definition) is 3. The molecule has 4 heteroatoms. The van der Waals surface area contributed by atoms with Crippen LogP contribution in [0.2, 0.25) is 0 Å². The Morgan fingerprint density at radius 1 is 1.42 bits per heavy atom. The van der Waals surface area contributed by atoms with Crippen LogP contribution in [0.25, 0.3) is 0 Å². The van der Waals surface area contributed by atoms with Crippen LogP contribution >= 0.6 is 0 Å². The minimum atomic E-state index is 0.172. The van der Waals surface area contributed by atoms with Crippen molar-refractivity contribution in [3.8, 4) is 5.75 Å². The number of carbonyl (C=O) groups is 1. The number of carbonyl (C=O) groups excluding carboxylic acids is 1. The Labute approximate surface area is 114 Å². The summed E-state index contributed by atoms with van der Waals surface area (Å²) in [4.78, 5) is 14.4. The van der Waals surface area contributed by atoms with Gasteiger partial charge in [-0.15, -0.1) is 0 Å². The zero-order valence-corrected chi connectivity index (χ0v) is 11.8. The molecule has 0 aliphatic carbocycles. The predicted molar refractivity (Wildman–Crippen MR) is 75.3 cm³/mol. The fraction of sp³-hybridized carbons (Fsp3) is 0.533. The number of para-hydroxylation sites is 1. The molecule has 2 unspecified atom stereocenters. The van der Waals surface area contributed by atoms with E-state index in [4.69, 9.17) is 4.74 Å². The standard InChI is InChI=1S/C15H22N2O2/c1-11-10-17(12(2)9-16-11)15(18)8-13-6-4-5-7-14(13)19-3/h4-7,11-12,16H,8-10H2,1-3H3. The molecule has 1 aliphatic rings. The van der Waals surface area contributed by atoms with Gasteiger partial charge in [0.1, 0.15) is 5.75 Å². The van der Waals surface area contributed by atoms with E-state index in [0.29, 0.717) is 12.5 Å². The number of ether oxygens (including phenoxy) is 1. The molecule has 19 heavy (non-hydrogen) atoms. The van der Waals surface area contributed by atoms with Gasteiger partial charge in [-0.1, -0.05) is 18.2 Å². The number of nitrogens with one attached hydrogen (secondary N) is 1. The number of benzene rings is 1. The van der Waals surface area contributed by atoms with Crippen LogP contribution in [0.5, 0.6) is 5.75 Å². The Balaban J connectivity index is 2.07. The van der Waals surface area contributed by atoms with Crippen LogP contribution in [-0.2, 0) is 11.2 Å². The smallest absolute Gasteiger partial charge is 0.227 e. The third kappa shape index (κ3) is 3.26. The second kappa shape index (κ2) is 6.06. The van der Waals surface area contributed by atoms with Gasteiger partial charge in [-0.05, 0) is 19.9 Å². The molecule has 0 spiro atoms. The number of piperazine rings is 1. The fourth-order valence-electron chi connectivity index (χ4n) is 2.48. The van der Waals surface area contributed by atoms with Crippen LogP contribution in [0.1, 0.15) is 19.4 Å². The lowest BCUT2D eigenvalue weighted by Crippen LogP contribution is -2.56. The van der Waals surface area contributed by atoms with Crippen molar-refractivity contribution in [2.24, 2.45) is 0 Å². The molecule has 2 rings (SSSR count).